The van der Waals surface area contributed by atoms with Gasteiger partial charge in [0.05, 0.1) is 39.6 Å². The van der Waals surface area contributed by atoms with E-state index >= 15 is 0 Å². The molecule has 108 valence electrons. The van der Waals surface area contributed by atoms with Crippen LogP contribution in [0.5, 0.6) is 0 Å². The summed E-state index contributed by atoms with van der Waals surface area (Å²) in [5, 5.41) is 9.28. The monoisotopic (exact) mass is 266 g/mol. The molecule has 0 aliphatic carbocycles. The Balaban J connectivity index is 3.05. The molecule has 0 aromatic carbocycles. The molecular weight excluding hydrogens is 242 g/mol. The molecule has 7 nitrogen and oxygen atoms in total. The van der Waals surface area contributed by atoms with Crippen LogP contribution in [0.4, 0.5) is 0 Å². The SMILES string of the molecule is C[OH+]CC(O)COCCOCCOCCC(N)=O. The highest BCUT2D eigenvalue weighted by molar-refractivity contribution is 5.73. The molecule has 18 heavy (non-hydrogen) atoms. The molecule has 0 aromatic heterocycles. The van der Waals surface area contributed by atoms with Gasteiger partial charge in [0.1, 0.15) is 13.2 Å². The first kappa shape index (κ1) is 17.3. The fourth-order valence-electron chi connectivity index (χ4n) is 1.10. The minimum atomic E-state index is -0.549. The van der Waals surface area contributed by atoms with Crippen molar-refractivity contribution in [2.24, 2.45) is 5.73 Å². The Kier molecular flexibility index (Phi) is 12.2. The van der Waals surface area contributed by atoms with Gasteiger partial charge in [-0.3, -0.25) is 4.79 Å². The van der Waals surface area contributed by atoms with Gasteiger partial charge in [-0.05, 0) is 0 Å². The third-order valence-electron chi connectivity index (χ3n) is 1.94. The van der Waals surface area contributed by atoms with Gasteiger partial charge < -0.3 is 29.8 Å². The average molecular weight is 266 g/mol. The molecule has 0 heterocycles. The number of rotatable bonds is 13. The molecule has 0 bridgehead atoms. The number of nitrogens with two attached hydrogens (primary N) is 1. The lowest BCUT2D eigenvalue weighted by Gasteiger charge is -2.08. The Morgan fingerprint density at radius 2 is 1.72 bits per heavy atom. The number of hydrogen-bond acceptors (Lipinski definition) is 5. The average Bonchev–Trinajstić information content (AvgIpc) is 2.31. The fourth-order valence-corrected chi connectivity index (χ4v) is 1.10. The van der Waals surface area contributed by atoms with E-state index in [1.54, 1.807) is 7.11 Å². The lowest BCUT2D eigenvalue weighted by Crippen LogP contribution is -2.23. The van der Waals surface area contributed by atoms with E-state index < -0.39 is 6.10 Å². The van der Waals surface area contributed by atoms with Gasteiger partial charge in [-0.15, -0.1) is 0 Å². The van der Waals surface area contributed by atoms with Crippen LogP contribution in [0.15, 0.2) is 0 Å². The van der Waals surface area contributed by atoms with E-state index in [4.69, 9.17) is 19.9 Å². The smallest absolute Gasteiger partial charge is 0.219 e. The second-order valence-electron chi connectivity index (χ2n) is 3.67. The lowest BCUT2D eigenvalue weighted by molar-refractivity contribution is -0.119. The van der Waals surface area contributed by atoms with Crippen LogP contribution in [0.25, 0.3) is 0 Å². The minimum Gasteiger partial charge on any atom is -0.434 e. The molecule has 0 saturated carbocycles. The first-order valence-corrected chi connectivity index (χ1v) is 5.92. The summed E-state index contributed by atoms with van der Waals surface area (Å²) >= 11 is 0. The molecule has 0 aliphatic heterocycles. The quantitative estimate of drug-likeness (QED) is 0.309. The number of aliphatic hydroxyl groups excluding tert-OH is 1. The van der Waals surface area contributed by atoms with Crippen molar-refractivity contribution in [3.63, 3.8) is 0 Å². The van der Waals surface area contributed by atoms with Crippen LogP contribution < -0.4 is 5.73 Å². The van der Waals surface area contributed by atoms with Crippen molar-refractivity contribution in [3.8, 4) is 0 Å². The molecule has 1 amide bonds. The van der Waals surface area contributed by atoms with Crippen LogP contribution in [0, 0.1) is 0 Å². The molecule has 0 aromatic rings. The molecule has 4 N–H and O–H groups in total. The number of aliphatic hydroxyl groups is 3. The Labute approximate surface area is 107 Å². The Hall–Kier alpha value is -0.730. The molecule has 7 heteroatoms. The van der Waals surface area contributed by atoms with E-state index in [0.29, 0.717) is 39.6 Å². The summed E-state index contributed by atoms with van der Waals surface area (Å²) in [5.74, 6) is -0.373. The van der Waals surface area contributed by atoms with Crippen molar-refractivity contribution < 1.29 is 28.8 Å². The second-order valence-corrected chi connectivity index (χ2v) is 3.67. The zero-order valence-corrected chi connectivity index (χ0v) is 10.8. The summed E-state index contributed by atoms with van der Waals surface area (Å²) in [7, 11) is 1.64. The number of hydrogen-bond donors (Lipinski definition) is 2. The van der Waals surface area contributed by atoms with Crippen molar-refractivity contribution >= 4 is 5.91 Å². The van der Waals surface area contributed by atoms with Crippen LogP contribution >= 0.6 is 0 Å². The first-order valence-electron chi connectivity index (χ1n) is 5.92. The largest absolute Gasteiger partial charge is 0.434 e. The predicted octanol–water partition coefficient (Wildman–Crippen LogP) is -1.57. The number of carbonyl (C=O) groups is 1. The van der Waals surface area contributed by atoms with Crippen molar-refractivity contribution in [1.82, 2.24) is 0 Å². The maximum atomic E-state index is 10.4. The summed E-state index contributed by atoms with van der Waals surface area (Å²) in [6, 6.07) is 0. The maximum Gasteiger partial charge on any atom is 0.219 e. The van der Waals surface area contributed by atoms with Gasteiger partial charge in [0.15, 0.2) is 6.61 Å². The third-order valence-corrected chi connectivity index (χ3v) is 1.94. The van der Waals surface area contributed by atoms with Crippen LogP contribution in [0.3, 0.4) is 0 Å². The molecule has 0 rings (SSSR count). The van der Waals surface area contributed by atoms with E-state index in [9.17, 15) is 9.90 Å². The van der Waals surface area contributed by atoms with Crippen molar-refractivity contribution in [2.45, 2.75) is 12.5 Å². The summed E-state index contributed by atoms with van der Waals surface area (Å²) in [6.45, 7) is 2.68. The van der Waals surface area contributed by atoms with E-state index in [1.807, 2.05) is 0 Å². The van der Waals surface area contributed by atoms with E-state index in [-0.39, 0.29) is 18.9 Å². The van der Waals surface area contributed by atoms with Crippen molar-refractivity contribution in [1.29, 1.82) is 0 Å². The lowest BCUT2D eigenvalue weighted by atomic mass is 10.4. The number of amides is 1. The molecule has 0 spiro atoms. The molecule has 0 aliphatic rings. The highest BCUT2D eigenvalue weighted by atomic mass is 16.5. The fraction of sp³-hybridized carbons (Fsp3) is 0.909. The van der Waals surface area contributed by atoms with Crippen LogP contribution in [0.2, 0.25) is 0 Å². The third kappa shape index (κ3) is 13.3. The van der Waals surface area contributed by atoms with Gasteiger partial charge >= 0.3 is 0 Å². The first-order chi connectivity index (χ1) is 8.66. The van der Waals surface area contributed by atoms with Gasteiger partial charge in [0.25, 0.3) is 0 Å². The Morgan fingerprint density at radius 3 is 2.28 bits per heavy atom. The molecular formula is C11H24NO6+. The number of ether oxygens (including phenoxy) is 4. The summed E-state index contributed by atoms with van der Waals surface area (Å²) in [6.07, 6.45) is -0.323. The normalized spacial score (nSPS) is 12.6. The standard InChI is InChI=1S/C11H23NO6/c1-15-8-10(13)9-18-7-6-17-5-4-16-3-2-11(12)14/h10,13H,2-9H2,1H3,(H2,12,14)/p+1. The molecule has 1 unspecified atom stereocenters. The van der Waals surface area contributed by atoms with Crippen molar-refractivity contribution in [2.75, 3.05) is 53.4 Å². The Morgan fingerprint density at radius 1 is 1.17 bits per heavy atom. The summed E-state index contributed by atoms with van der Waals surface area (Å²) in [4.78, 5) is 10.4. The van der Waals surface area contributed by atoms with E-state index in [2.05, 4.69) is 4.74 Å². The van der Waals surface area contributed by atoms with Crippen LogP contribution in [-0.2, 0) is 19.0 Å². The van der Waals surface area contributed by atoms with Gasteiger partial charge in [-0.25, -0.2) is 0 Å². The molecule has 0 saturated heterocycles. The summed E-state index contributed by atoms with van der Waals surface area (Å²) in [5.41, 5.74) is 4.94. The predicted molar refractivity (Wildman–Crippen MR) is 65.3 cm³/mol. The number of carbonyl (C=O) groups excluding carboxylic acids is 1. The highest BCUT2D eigenvalue weighted by Gasteiger charge is 2.05. The van der Waals surface area contributed by atoms with Crippen LogP contribution in [-0.4, -0.2) is 75.2 Å². The summed E-state index contributed by atoms with van der Waals surface area (Å²) < 4.78 is 19.3. The van der Waals surface area contributed by atoms with Crippen molar-refractivity contribution in [3.05, 3.63) is 0 Å². The zero-order chi connectivity index (χ0) is 13.6. The van der Waals surface area contributed by atoms with E-state index in [0.717, 1.165) is 0 Å². The van der Waals surface area contributed by atoms with Gasteiger partial charge in [-0.1, -0.05) is 0 Å². The van der Waals surface area contributed by atoms with E-state index in [1.165, 1.54) is 0 Å². The van der Waals surface area contributed by atoms with Crippen LogP contribution in [0.1, 0.15) is 6.42 Å². The van der Waals surface area contributed by atoms with Gasteiger partial charge in [0.2, 0.25) is 5.91 Å². The zero-order valence-electron chi connectivity index (χ0n) is 10.8. The highest BCUT2D eigenvalue weighted by Crippen LogP contribution is 1.87. The second kappa shape index (κ2) is 12.7. The molecule has 0 fully saturated rings. The number of primary amides is 1. The maximum absolute atomic E-state index is 10.4. The Bertz CT molecular complexity index is 202. The minimum absolute atomic E-state index is 0.226. The molecule has 0 radical (unpaired) electrons. The van der Waals surface area contributed by atoms with Gasteiger partial charge in [0, 0.05) is 6.42 Å². The topological polar surface area (TPSA) is 104 Å². The van der Waals surface area contributed by atoms with Gasteiger partial charge in [-0.2, -0.15) is 0 Å². The molecule has 1 atom stereocenters.